The van der Waals surface area contributed by atoms with Gasteiger partial charge in [0.15, 0.2) is 0 Å². The molecule has 0 aliphatic heterocycles. The van der Waals surface area contributed by atoms with E-state index in [1.165, 1.54) is 0 Å². The van der Waals surface area contributed by atoms with Crippen molar-refractivity contribution < 1.29 is 10.2 Å². The maximum absolute atomic E-state index is 9.60. The Morgan fingerprint density at radius 1 is 1.22 bits per heavy atom. The number of aliphatic hydroxyl groups is 2. The summed E-state index contributed by atoms with van der Waals surface area (Å²) in [4.78, 5) is 0. The van der Waals surface area contributed by atoms with Gasteiger partial charge >= 0.3 is 0 Å². The molecule has 18 heavy (non-hydrogen) atoms. The Kier molecular flexibility index (Phi) is 4.45. The molecule has 2 nitrogen and oxygen atoms in total. The lowest BCUT2D eigenvalue weighted by atomic mass is 9.66. The van der Waals surface area contributed by atoms with Crippen molar-refractivity contribution >= 4 is 0 Å². The smallest absolute Gasteiger partial charge is 0.0774 e. The summed E-state index contributed by atoms with van der Waals surface area (Å²) in [6, 6.07) is 0. The molecule has 0 radical (unpaired) electrons. The van der Waals surface area contributed by atoms with Crippen molar-refractivity contribution in [3.05, 3.63) is 24.3 Å². The highest BCUT2D eigenvalue weighted by atomic mass is 16.3. The molecule has 0 aromatic heterocycles. The summed E-state index contributed by atoms with van der Waals surface area (Å²) < 4.78 is 0. The summed E-state index contributed by atoms with van der Waals surface area (Å²) in [5, 5.41) is 19.0. The third-order valence-corrected chi connectivity index (χ3v) is 4.80. The summed E-state index contributed by atoms with van der Waals surface area (Å²) in [6.45, 7) is 10.5. The lowest BCUT2D eigenvalue weighted by molar-refractivity contribution is 0.0861. The van der Waals surface area contributed by atoms with Crippen molar-refractivity contribution in [3.8, 4) is 0 Å². The Labute approximate surface area is 111 Å². The highest BCUT2D eigenvalue weighted by Crippen LogP contribution is 2.56. The van der Waals surface area contributed by atoms with Crippen LogP contribution in [-0.4, -0.2) is 22.4 Å². The molecule has 1 rings (SSSR count). The molecular formula is C16H28O2. The van der Waals surface area contributed by atoms with Gasteiger partial charge in [-0.25, -0.2) is 0 Å². The first-order valence-corrected chi connectivity index (χ1v) is 6.83. The quantitative estimate of drug-likeness (QED) is 0.754. The van der Waals surface area contributed by atoms with Gasteiger partial charge in [0.2, 0.25) is 0 Å². The van der Waals surface area contributed by atoms with Crippen LogP contribution in [0.25, 0.3) is 0 Å². The zero-order valence-electron chi connectivity index (χ0n) is 12.4. The molecule has 0 heterocycles. The van der Waals surface area contributed by atoms with Crippen molar-refractivity contribution in [1.29, 1.82) is 0 Å². The Bertz CT molecular complexity index is 333. The van der Waals surface area contributed by atoms with Gasteiger partial charge in [-0.1, -0.05) is 45.1 Å². The SMILES string of the molecule is CC(C)(O)/C=C/C=C/[C@@]1(C)CC[C@@H](CO)C1(C)C. The molecule has 2 N–H and O–H groups in total. The first-order valence-electron chi connectivity index (χ1n) is 6.83. The van der Waals surface area contributed by atoms with Gasteiger partial charge in [-0.3, -0.25) is 0 Å². The van der Waals surface area contributed by atoms with Crippen LogP contribution in [0.4, 0.5) is 0 Å². The highest BCUT2D eigenvalue weighted by Gasteiger charge is 2.49. The van der Waals surface area contributed by atoms with Crippen LogP contribution in [0, 0.1) is 16.7 Å². The minimum Gasteiger partial charge on any atom is -0.396 e. The standard InChI is InChI=1S/C16H28O2/c1-14(2,18)9-6-7-10-16(5)11-8-13(12-17)15(16,3)4/h6-7,9-10,13,17-18H,8,11-12H2,1-5H3/b9-6+,10-7+/t13-,16-/m0/s1. The fourth-order valence-electron chi connectivity index (χ4n) is 2.80. The molecule has 2 heteroatoms. The predicted molar refractivity (Wildman–Crippen MR) is 76.3 cm³/mol. The maximum Gasteiger partial charge on any atom is 0.0774 e. The topological polar surface area (TPSA) is 40.5 Å². The molecule has 1 aliphatic carbocycles. The van der Waals surface area contributed by atoms with Gasteiger partial charge in [0.05, 0.1) is 5.60 Å². The van der Waals surface area contributed by atoms with Crippen molar-refractivity contribution in [2.75, 3.05) is 6.61 Å². The van der Waals surface area contributed by atoms with E-state index >= 15 is 0 Å². The average Bonchev–Trinajstić information content (AvgIpc) is 2.45. The molecule has 0 spiro atoms. The van der Waals surface area contributed by atoms with Crippen LogP contribution in [-0.2, 0) is 0 Å². The first-order chi connectivity index (χ1) is 8.12. The lowest BCUT2D eigenvalue weighted by Gasteiger charge is -2.39. The van der Waals surface area contributed by atoms with E-state index in [0.717, 1.165) is 12.8 Å². The normalized spacial score (nSPS) is 32.7. The van der Waals surface area contributed by atoms with Crippen LogP contribution in [0.2, 0.25) is 0 Å². The zero-order chi connectivity index (χ0) is 14.0. The fourth-order valence-corrected chi connectivity index (χ4v) is 2.80. The lowest BCUT2D eigenvalue weighted by Crippen LogP contribution is -2.34. The monoisotopic (exact) mass is 252 g/mol. The summed E-state index contributed by atoms with van der Waals surface area (Å²) in [5.41, 5.74) is -0.533. The number of aliphatic hydroxyl groups excluding tert-OH is 1. The van der Waals surface area contributed by atoms with Gasteiger partial charge in [-0.05, 0) is 43.4 Å². The van der Waals surface area contributed by atoms with Crippen LogP contribution < -0.4 is 0 Å². The Morgan fingerprint density at radius 2 is 1.83 bits per heavy atom. The van der Waals surface area contributed by atoms with Crippen molar-refractivity contribution in [2.45, 2.75) is 53.1 Å². The van der Waals surface area contributed by atoms with Crippen LogP contribution in [0.1, 0.15) is 47.5 Å². The van der Waals surface area contributed by atoms with E-state index in [2.05, 4.69) is 26.8 Å². The molecule has 0 unspecified atom stereocenters. The minimum absolute atomic E-state index is 0.112. The van der Waals surface area contributed by atoms with Crippen molar-refractivity contribution in [3.63, 3.8) is 0 Å². The first kappa shape index (κ1) is 15.5. The third-order valence-electron chi connectivity index (χ3n) is 4.80. The van der Waals surface area contributed by atoms with Gasteiger partial charge in [0.1, 0.15) is 0 Å². The van der Waals surface area contributed by atoms with E-state index in [0.29, 0.717) is 5.92 Å². The molecule has 2 atom stereocenters. The second kappa shape index (κ2) is 5.18. The molecule has 0 aromatic rings. The number of rotatable bonds is 4. The molecule has 1 fully saturated rings. The van der Waals surface area contributed by atoms with E-state index in [1.807, 2.05) is 12.2 Å². The fraction of sp³-hybridized carbons (Fsp3) is 0.750. The molecule has 1 aliphatic rings. The van der Waals surface area contributed by atoms with Crippen molar-refractivity contribution in [2.24, 2.45) is 16.7 Å². The molecule has 0 aromatic carbocycles. The third kappa shape index (κ3) is 3.24. The van der Waals surface area contributed by atoms with Gasteiger partial charge in [0.25, 0.3) is 0 Å². The second-order valence-corrected chi connectivity index (χ2v) is 6.93. The maximum atomic E-state index is 9.60. The number of hydrogen-bond donors (Lipinski definition) is 2. The summed E-state index contributed by atoms with van der Waals surface area (Å²) in [7, 11) is 0. The van der Waals surface area contributed by atoms with Crippen LogP contribution >= 0.6 is 0 Å². The van der Waals surface area contributed by atoms with E-state index in [-0.39, 0.29) is 17.4 Å². The molecule has 104 valence electrons. The van der Waals surface area contributed by atoms with Crippen LogP contribution in [0.5, 0.6) is 0 Å². The van der Waals surface area contributed by atoms with Gasteiger partial charge in [0, 0.05) is 6.61 Å². The largest absolute Gasteiger partial charge is 0.396 e. The average molecular weight is 252 g/mol. The Hall–Kier alpha value is -0.600. The van der Waals surface area contributed by atoms with Gasteiger partial charge < -0.3 is 10.2 Å². The Balaban J connectivity index is 2.78. The van der Waals surface area contributed by atoms with Crippen LogP contribution in [0.15, 0.2) is 24.3 Å². The van der Waals surface area contributed by atoms with Gasteiger partial charge in [-0.15, -0.1) is 0 Å². The van der Waals surface area contributed by atoms with E-state index in [4.69, 9.17) is 0 Å². The van der Waals surface area contributed by atoms with Gasteiger partial charge in [-0.2, -0.15) is 0 Å². The molecular weight excluding hydrogens is 224 g/mol. The summed E-state index contributed by atoms with van der Waals surface area (Å²) >= 11 is 0. The highest BCUT2D eigenvalue weighted by molar-refractivity contribution is 5.16. The molecule has 0 bridgehead atoms. The van der Waals surface area contributed by atoms with Crippen LogP contribution in [0.3, 0.4) is 0 Å². The molecule has 1 saturated carbocycles. The van der Waals surface area contributed by atoms with E-state index < -0.39 is 5.60 Å². The minimum atomic E-state index is -0.760. The predicted octanol–water partition coefficient (Wildman–Crippen LogP) is 3.30. The summed E-state index contributed by atoms with van der Waals surface area (Å²) in [6.07, 6.45) is 10.1. The molecule has 0 amide bonds. The zero-order valence-corrected chi connectivity index (χ0v) is 12.4. The Morgan fingerprint density at radius 3 is 2.28 bits per heavy atom. The van der Waals surface area contributed by atoms with Crippen molar-refractivity contribution in [1.82, 2.24) is 0 Å². The molecule has 0 saturated heterocycles. The van der Waals surface area contributed by atoms with E-state index in [1.54, 1.807) is 19.9 Å². The second-order valence-electron chi connectivity index (χ2n) is 6.93. The summed E-state index contributed by atoms with van der Waals surface area (Å²) in [5.74, 6) is 0.380. The number of allylic oxidation sites excluding steroid dienone is 3. The van der Waals surface area contributed by atoms with E-state index in [9.17, 15) is 10.2 Å². The number of hydrogen-bond acceptors (Lipinski definition) is 2.